The van der Waals surface area contributed by atoms with Gasteiger partial charge in [-0.25, -0.2) is 4.99 Å². The topological polar surface area (TPSA) is 75.4 Å². The van der Waals surface area contributed by atoms with Crippen LogP contribution in [0.2, 0.25) is 0 Å². The number of H-pyrrole nitrogens is 1. The summed E-state index contributed by atoms with van der Waals surface area (Å²) in [6.07, 6.45) is -4.71. The van der Waals surface area contributed by atoms with Crippen LogP contribution in [-0.2, 0) is 6.54 Å². The van der Waals surface area contributed by atoms with E-state index >= 15 is 0 Å². The maximum Gasteiger partial charge on any atom is 0.573 e. The lowest BCUT2D eigenvalue weighted by Gasteiger charge is -2.10. The molecule has 3 rings (SSSR count). The van der Waals surface area contributed by atoms with Crippen LogP contribution in [0.25, 0.3) is 10.9 Å². The Bertz CT molecular complexity index is 858. The van der Waals surface area contributed by atoms with Gasteiger partial charge in [-0.05, 0) is 41.8 Å². The number of alkyl halides is 3. The van der Waals surface area contributed by atoms with Crippen molar-refractivity contribution in [3.8, 4) is 5.75 Å². The molecule has 0 aliphatic heterocycles. The van der Waals surface area contributed by atoms with Crippen LogP contribution < -0.4 is 15.8 Å². The summed E-state index contributed by atoms with van der Waals surface area (Å²) in [5, 5.41) is 3.90. The maximum absolute atomic E-state index is 12.1. The first-order valence-electron chi connectivity index (χ1n) is 7.38. The normalized spacial score (nSPS) is 11.9. The molecule has 9 heteroatoms. The molecule has 5 nitrogen and oxygen atoms in total. The van der Waals surface area contributed by atoms with Crippen LogP contribution in [0.15, 0.2) is 59.6 Å². The molecule has 4 N–H and O–H groups in total. The van der Waals surface area contributed by atoms with Crippen molar-refractivity contribution >= 4 is 46.5 Å². The van der Waals surface area contributed by atoms with E-state index in [1.54, 1.807) is 0 Å². The van der Waals surface area contributed by atoms with E-state index in [-0.39, 0.29) is 35.7 Å². The second-order valence-corrected chi connectivity index (χ2v) is 5.28. The van der Waals surface area contributed by atoms with Crippen LogP contribution >= 0.6 is 24.0 Å². The molecule has 26 heavy (non-hydrogen) atoms. The van der Waals surface area contributed by atoms with Gasteiger partial charge in [-0.2, -0.15) is 0 Å². The van der Waals surface area contributed by atoms with Gasteiger partial charge in [0.2, 0.25) is 0 Å². The number of ether oxygens (including phenoxy) is 1. The Kier molecular flexibility index (Phi) is 6.35. The Hall–Kier alpha value is -2.43. The summed E-state index contributed by atoms with van der Waals surface area (Å²) in [5.74, 6) is -0.144. The molecule has 3 aromatic rings. The first kappa shape index (κ1) is 19.9. The molecule has 0 atom stereocenters. The van der Waals surface area contributed by atoms with E-state index < -0.39 is 6.36 Å². The molecule has 1 aromatic heterocycles. The van der Waals surface area contributed by atoms with Crippen LogP contribution in [0.1, 0.15) is 5.69 Å². The summed E-state index contributed by atoms with van der Waals surface area (Å²) in [6, 6.07) is 15.1. The number of rotatable bonds is 4. The van der Waals surface area contributed by atoms with E-state index in [0.29, 0.717) is 12.2 Å². The van der Waals surface area contributed by atoms with Gasteiger partial charge in [0.05, 0.1) is 6.54 Å². The highest BCUT2D eigenvalue weighted by atomic mass is 127. The average Bonchev–Trinajstić information content (AvgIpc) is 2.96. The zero-order valence-corrected chi connectivity index (χ0v) is 15.7. The molecule has 0 fully saturated rings. The quantitative estimate of drug-likeness (QED) is 0.293. The number of benzene rings is 2. The highest BCUT2D eigenvalue weighted by molar-refractivity contribution is 14.0. The van der Waals surface area contributed by atoms with Gasteiger partial charge >= 0.3 is 6.36 Å². The number of nitrogens with one attached hydrogen (secondary N) is 2. The molecule has 0 aliphatic rings. The standard InChI is InChI=1S/C17H15F3N4O.HI/c18-17(19,20)25-14-7-5-12(6-8-14)24-16(21)22-10-13-9-11-3-1-2-4-15(11)23-13;/h1-9,23H,10H2,(H3,21,22,24);1H. The Morgan fingerprint density at radius 2 is 1.81 bits per heavy atom. The van der Waals surface area contributed by atoms with E-state index in [9.17, 15) is 13.2 Å². The zero-order valence-electron chi connectivity index (χ0n) is 13.4. The lowest BCUT2D eigenvalue weighted by molar-refractivity contribution is -0.274. The van der Waals surface area contributed by atoms with Crippen molar-refractivity contribution < 1.29 is 17.9 Å². The van der Waals surface area contributed by atoms with Gasteiger partial charge in [0, 0.05) is 16.9 Å². The van der Waals surface area contributed by atoms with Crippen LogP contribution in [0.3, 0.4) is 0 Å². The molecule has 0 unspecified atom stereocenters. The molecule has 138 valence electrons. The molecule has 0 bridgehead atoms. The van der Waals surface area contributed by atoms with Crippen molar-refractivity contribution in [2.75, 3.05) is 5.32 Å². The number of guanidine groups is 1. The molecule has 0 spiro atoms. The van der Waals surface area contributed by atoms with E-state index in [2.05, 4.69) is 20.0 Å². The van der Waals surface area contributed by atoms with Gasteiger partial charge in [0.1, 0.15) is 5.75 Å². The van der Waals surface area contributed by atoms with E-state index in [1.165, 1.54) is 24.3 Å². The predicted octanol–water partition coefficient (Wildman–Crippen LogP) is 4.61. The first-order valence-corrected chi connectivity index (χ1v) is 7.38. The third-order valence-electron chi connectivity index (χ3n) is 3.37. The van der Waals surface area contributed by atoms with Gasteiger partial charge in [-0.3, -0.25) is 0 Å². The van der Waals surface area contributed by atoms with Crippen molar-refractivity contribution in [3.63, 3.8) is 0 Å². The predicted molar refractivity (Wildman–Crippen MR) is 106 cm³/mol. The summed E-state index contributed by atoms with van der Waals surface area (Å²) in [6.45, 7) is 0.350. The van der Waals surface area contributed by atoms with Gasteiger partial charge in [0.25, 0.3) is 0 Å². The lowest BCUT2D eigenvalue weighted by Crippen LogP contribution is -2.22. The number of para-hydroxylation sites is 1. The number of fused-ring (bicyclic) bond motifs is 1. The van der Waals surface area contributed by atoms with E-state index in [4.69, 9.17) is 5.73 Å². The van der Waals surface area contributed by atoms with Crippen LogP contribution in [-0.4, -0.2) is 17.3 Å². The number of nitrogens with two attached hydrogens (primary N) is 1. The Morgan fingerprint density at radius 1 is 1.12 bits per heavy atom. The minimum Gasteiger partial charge on any atom is -0.406 e. The van der Waals surface area contributed by atoms with Crippen molar-refractivity contribution in [3.05, 3.63) is 60.3 Å². The summed E-state index contributed by atoms with van der Waals surface area (Å²) in [7, 11) is 0. The minimum atomic E-state index is -4.71. The Labute approximate surface area is 164 Å². The smallest absolute Gasteiger partial charge is 0.406 e. The number of anilines is 1. The fourth-order valence-electron chi connectivity index (χ4n) is 2.32. The molecular formula is C17H16F3IN4O. The average molecular weight is 476 g/mol. The molecule has 0 radical (unpaired) electrons. The number of hydrogen-bond donors (Lipinski definition) is 3. The zero-order chi connectivity index (χ0) is 17.9. The van der Waals surface area contributed by atoms with Crippen LogP contribution in [0.5, 0.6) is 5.75 Å². The van der Waals surface area contributed by atoms with Crippen molar-refractivity contribution in [1.82, 2.24) is 4.98 Å². The number of halogens is 4. The lowest BCUT2D eigenvalue weighted by atomic mass is 10.2. The third kappa shape index (κ3) is 5.55. The van der Waals surface area contributed by atoms with E-state index in [1.807, 2.05) is 30.3 Å². The summed E-state index contributed by atoms with van der Waals surface area (Å²) >= 11 is 0. The summed E-state index contributed by atoms with van der Waals surface area (Å²) < 4.78 is 40.1. The highest BCUT2D eigenvalue weighted by Crippen LogP contribution is 2.23. The molecule has 0 aliphatic carbocycles. The molecule has 0 amide bonds. The summed E-state index contributed by atoms with van der Waals surface area (Å²) in [5.41, 5.74) is 8.22. The third-order valence-corrected chi connectivity index (χ3v) is 3.37. The fourth-order valence-corrected chi connectivity index (χ4v) is 2.32. The molecule has 0 saturated heterocycles. The molecular weight excluding hydrogens is 460 g/mol. The maximum atomic E-state index is 12.1. The highest BCUT2D eigenvalue weighted by Gasteiger charge is 2.30. The summed E-state index contributed by atoms with van der Waals surface area (Å²) in [4.78, 5) is 7.44. The number of hydrogen-bond acceptors (Lipinski definition) is 2. The van der Waals surface area contributed by atoms with Crippen LogP contribution in [0.4, 0.5) is 18.9 Å². The monoisotopic (exact) mass is 476 g/mol. The van der Waals surface area contributed by atoms with Crippen molar-refractivity contribution in [2.45, 2.75) is 12.9 Å². The number of nitrogens with zero attached hydrogens (tertiary/aromatic N) is 1. The van der Waals surface area contributed by atoms with Gasteiger partial charge in [-0.1, -0.05) is 18.2 Å². The first-order chi connectivity index (χ1) is 11.9. The largest absolute Gasteiger partial charge is 0.573 e. The second-order valence-electron chi connectivity index (χ2n) is 5.28. The number of aromatic nitrogens is 1. The van der Waals surface area contributed by atoms with Crippen molar-refractivity contribution in [2.24, 2.45) is 10.7 Å². The van der Waals surface area contributed by atoms with Crippen LogP contribution in [0, 0.1) is 0 Å². The molecule has 0 saturated carbocycles. The van der Waals surface area contributed by atoms with Gasteiger partial charge in [-0.15, -0.1) is 37.1 Å². The fraction of sp³-hybridized carbons (Fsp3) is 0.118. The number of aromatic amines is 1. The Balaban J connectivity index is 0.00000243. The van der Waals surface area contributed by atoms with Gasteiger partial charge in [0.15, 0.2) is 5.96 Å². The van der Waals surface area contributed by atoms with Crippen molar-refractivity contribution in [1.29, 1.82) is 0 Å². The number of aliphatic imine (C=N–C) groups is 1. The van der Waals surface area contributed by atoms with Gasteiger partial charge < -0.3 is 20.8 Å². The molecule has 1 heterocycles. The van der Waals surface area contributed by atoms with E-state index in [0.717, 1.165) is 16.6 Å². The Morgan fingerprint density at radius 3 is 2.46 bits per heavy atom. The molecule has 2 aromatic carbocycles. The second kappa shape index (κ2) is 8.30. The SMILES string of the molecule is I.NC(=NCc1cc2ccccc2[nH]1)Nc1ccc(OC(F)(F)F)cc1. The minimum absolute atomic E-state index is 0.